The van der Waals surface area contributed by atoms with Crippen LogP contribution in [0, 0.1) is 29.5 Å². The van der Waals surface area contributed by atoms with Gasteiger partial charge in [-0.1, -0.05) is 12.0 Å². The van der Waals surface area contributed by atoms with Crippen molar-refractivity contribution in [2.24, 2.45) is 11.7 Å². The molecule has 204 valence electrons. The Morgan fingerprint density at radius 2 is 1.68 bits per heavy atom. The molecule has 0 spiro atoms. The van der Waals surface area contributed by atoms with Crippen molar-refractivity contribution in [3.63, 3.8) is 0 Å². The summed E-state index contributed by atoms with van der Waals surface area (Å²) in [6, 6.07) is 15.1. The molecule has 0 bridgehead atoms. The van der Waals surface area contributed by atoms with Crippen LogP contribution in [0.4, 0.5) is 15.8 Å². The fourth-order valence-corrected chi connectivity index (χ4v) is 4.40. The summed E-state index contributed by atoms with van der Waals surface area (Å²) in [5, 5.41) is 13.8. The second-order valence-electron chi connectivity index (χ2n) is 9.25. The number of carbonyl (C=O) groups is 3. The zero-order valence-corrected chi connectivity index (χ0v) is 21.8. The predicted molar refractivity (Wildman–Crippen MR) is 150 cm³/mol. The number of likely N-dealkylation sites (tertiary alicyclic amines) is 1. The molecule has 5 N–H and O–H groups in total. The second kappa shape index (κ2) is 12.1. The summed E-state index contributed by atoms with van der Waals surface area (Å²) in [5.74, 6) is 0.287. The van der Waals surface area contributed by atoms with Gasteiger partial charge in [0.2, 0.25) is 5.91 Å². The Hall–Kier alpha value is -5.17. The van der Waals surface area contributed by atoms with E-state index >= 15 is 4.39 Å². The van der Waals surface area contributed by atoms with Crippen LogP contribution in [0.25, 0.3) is 0 Å². The quantitative estimate of drug-likeness (QED) is 0.205. The van der Waals surface area contributed by atoms with Gasteiger partial charge in [-0.05, 0) is 67.4 Å². The number of ether oxygens (including phenoxy) is 1. The molecule has 10 heteroatoms. The van der Waals surface area contributed by atoms with Crippen LogP contribution < -0.4 is 21.1 Å². The first kappa shape index (κ1) is 27.9. The molecule has 1 aliphatic rings. The third kappa shape index (κ3) is 6.27. The van der Waals surface area contributed by atoms with Crippen LogP contribution >= 0.6 is 0 Å². The molecule has 1 heterocycles. The summed E-state index contributed by atoms with van der Waals surface area (Å²) >= 11 is 0. The molecule has 0 atom stereocenters. The highest BCUT2D eigenvalue weighted by atomic mass is 19.1. The van der Waals surface area contributed by atoms with E-state index in [9.17, 15) is 14.4 Å². The number of rotatable bonds is 7. The number of hydrogen-bond acceptors (Lipinski definition) is 5. The number of halogens is 1. The van der Waals surface area contributed by atoms with Crippen molar-refractivity contribution < 1.29 is 23.5 Å². The van der Waals surface area contributed by atoms with Gasteiger partial charge in [0, 0.05) is 35.8 Å². The number of carbonyl (C=O) groups excluding carboxylic acids is 3. The maximum Gasteiger partial charge on any atom is 0.258 e. The van der Waals surface area contributed by atoms with Gasteiger partial charge >= 0.3 is 0 Å². The van der Waals surface area contributed by atoms with E-state index in [1.807, 2.05) is 0 Å². The SMILES string of the molecule is C#Cc1ccc(NC(=O)c2cc(OC)ccc2NC(=O)c2ccc(C(=N)N3CCC(C(N)=O)CC3)cc2F)cc1. The van der Waals surface area contributed by atoms with Crippen molar-refractivity contribution in [2.45, 2.75) is 12.8 Å². The van der Waals surface area contributed by atoms with Gasteiger partial charge in [0.1, 0.15) is 17.4 Å². The Balaban J connectivity index is 1.50. The minimum absolute atomic E-state index is 0.0955. The molecule has 0 radical (unpaired) electrons. The molecular weight excluding hydrogens is 513 g/mol. The zero-order valence-electron chi connectivity index (χ0n) is 21.8. The number of primary amides is 1. The number of benzene rings is 3. The monoisotopic (exact) mass is 541 g/mol. The number of terminal acetylenes is 1. The lowest BCUT2D eigenvalue weighted by Crippen LogP contribution is -2.41. The largest absolute Gasteiger partial charge is 0.497 e. The van der Waals surface area contributed by atoms with Gasteiger partial charge in [0.05, 0.1) is 23.9 Å². The molecule has 9 nitrogen and oxygen atoms in total. The summed E-state index contributed by atoms with van der Waals surface area (Å²) in [6.07, 6.45) is 6.42. The van der Waals surface area contributed by atoms with Crippen LogP contribution in [-0.2, 0) is 4.79 Å². The molecule has 3 amide bonds. The highest BCUT2D eigenvalue weighted by Crippen LogP contribution is 2.25. The van der Waals surface area contributed by atoms with Gasteiger partial charge in [0.25, 0.3) is 11.8 Å². The first-order chi connectivity index (χ1) is 19.2. The van der Waals surface area contributed by atoms with Crippen molar-refractivity contribution in [2.75, 3.05) is 30.8 Å². The van der Waals surface area contributed by atoms with Crippen LogP contribution in [0.5, 0.6) is 5.75 Å². The number of nitrogens with zero attached hydrogens (tertiary/aromatic N) is 1. The van der Waals surface area contributed by atoms with Gasteiger partial charge in [-0.25, -0.2) is 4.39 Å². The molecule has 3 aromatic rings. The summed E-state index contributed by atoms with van der Waals surface area (Å²) in [4.78, 5) is 39.3. The van der Waals surface area contributed by atoms with Crippen molar-refractivity contribution in [1.82, 2.24) is 4.90 Å². The van der Waals surface area contributed by atoms with Gasteiger partial charge in [-0.15, -0.1) is 6.42 Å². The molecular formula is C30H28FN5O4. The minimum atomic E-state index is -0.820. The maximum atomic E-state index is 15.1. The molecule has 0 unspecified atom stereocenters. The fraction of sp³-hybridized carbons (Fsp3) is 0.200. The predicted octanol–water partition coefficient (Wildman–Crippen LogP) is 3.84. The number of amidine groups is 1. The number of anilines is 2. The maximum absolute atomic E-state index is 15.1. The number of methoxy groups -OCH3 is 1. The normalized spacial score (nSPS) is 13.2. The van der Waals surface area contributed by atoms with E-state index in [1.54, 1.807) is 35.2 Å². The second-order valence-corrected chi connectivity index (χ2v) is 9.25. The van der Waals surface area contributed by atoms with Crippen LogP contribution in [0.1, 0.15) is 44.7 Å². The van der Waals surface area contributed by atoms with Crippen LogP contribution in [0.2, 0.25) is 0 Å². The van der Waals surface area contributed by atoms with E-state index in [-0.39, 0.29) is 34.5 Å². The number of amides is 3. The zero-order chi connectivity index (χ0) is 28.8. The molecule has 0 aliphatic carbocycles. The van der Waals surface area contributed by atoms with E-state index in [1.165, 1.54) is 31.4 Å². The van der Waals surface area contributed by atoms with Crippen molar-refractivity contribution in [3.8, 4) is 18.1 Å². The lowest BCUT2D eigenvalue weighted by atomic mass is 9.95. The van der Waals surface area contributed by atoms with E-state index in [4.69, 9.17) is 22.3 Å². The highest BCUT2D eigenvalue weighted by Gasteiger charge is 2.26. The summed E-state index contributed by atoms with van der Waals surface area (Å²) < 4.78 is 20.3. The van der Waals surface area contributed by atoms with Crippen molar-refractivity contribution in [3.05, 3.63) is 88.7 Å². The molecule has 40 heavy (non-hydrogen) atoms. The molecule has 1 aliphatic heterocycles. The summed E-state index contributed by atoms with van der Waals surface area (Å²) in [7, 11) is 1.45. The fourth-order valence-electron chi connectivity index (χ4n) is 4.40. The lowest BCUT2D eigenvalue weighted by molar-refractivity contribution is -0.122. The smallest absolute Gasteiger partial charge is 0.258 e. The Bertz CT molecular complexity index is 1510. The first-order valence-electron chi connectivity index (χ1n) is 12.5. The van der Waals surface area contributed by atoms with Crippen LogP contribution in [0.15, 0.2) is 60.7 Å². The Labute approximate surface area is 231 Å². The van der Waals surface area contributed by atoms with E-state index in [0.29, 0.717) is 48.5 Å². The Morgan fingerprint density at radius 3 is 2.27 bits per heavy atom. The standard InChI is InChI=1S/C30H28FN5O4/c1-3-18-4-7-21(8-5-18)34-30(39)24-17-22(40-2)9-11-26(24)35-29(38)23-10-6-20(16-25(23)31)27(32)36-14-12-19(13-15-36)28(33)37/h1,4-11,16-17,19,32H,12-15H2,2H3,(H2,33,37)(H,34,39)(H,35,38). The van der Waals surface area contributed by atoms with Gasteiger partial charge in [0.15, 0.2) is 0 Å². The average molecular weight is 542 g/mol. The Morgan fingerprint density at radius 1 is 1.00 bits per heavy atom. The van der Waals surface area contributed by atoms with E-state index < -0.39 is 17.6 Å². The van der Waals surface area contributed by atoms with E-state index in [0.717, 1.165) is 6.07 Å². The first-order valence-corrected chi connectivity index (χ1v) is 12.5. The van der Waals surface area contributed by atoms with Crippen molar-refractivity contribution in [1.29, 1.82) is 5.41 Å². The summed E-state index contributed by atoms with van der Waals surface area (Å²) in [5.41, 5.74) is 6.82. The Kier molecular flexibility index (Phi) is 8.45. The van der Waals surface area contributed by atoms with Gasteiger partial charge < -0.3 is 26.0 Å². The molecule has 4 rings (SSSR count). The van der Waals surface area contributed by atoms with Crippen LogP contribution in [-0.4, -0.2) is 48.7 Å². The number of nitrogens with one attached hydrogen (secondary N) is 3. The third-order valence-corrected chi connectivity index (χ3v) is 6.73. The van der Waals surface area contributed by atoms with Gasteiger partial charge in [-0.3, -0.25) is 19.8 Å². The molecule has 1 fully saturated rings. The molecule has 3 aromatic carbocycles. The number of nitrogens with two attached hydrogens (primary N) is 1. The number of hydrogen-bond donors (Lipinski definition) is 4. The van der Waals surface area contributed by atoms with Crippen molar-refractivity contribution >= 4 is 34.9 Å². The highest BCUT2D eigenvalue weighted by molar-refractivity contribution is 6.13. The lowest BCUT2D eigenvalue weighted by Gasteiger charge is -2.32. The van der Waals surface area contributed by atoms with Crippen LogP contribution in [0.3, 0.4) is 0 Å². The molecule has 0 saturated carbocycles. The molecule has 1 saturated heterocycles. The van der Waals surface area contributed by atoms with E-state index in [2.05, 4.69) is 16.6 Å². The average Bonchev–Trinajstić information content (AvgIpc) is 2.97. The topological polar surface area (TPSA) is 138 Å². The molecule has 0 aromatic heterocycles. The number of piperidine rings is 1. The van der Waals surface area contributed by atoms with Gasteiger partial charge in [-0.2, -0.15) is 0 Å². The summed E-state index contributed by atoms with van der Waals surface area (Å²) in [6.45, 7) is 0.902. The third-order valence-electron chi connectivity index (χ3n) is 6.73. The minimum Gasteiger partial charge on any atom is -0.497 e.